The molecule has 0 spiro atoms. The standard InChI is InChI=1S/C23H30N4O3/c1-16-15-30-11-8-27(16)14-17-2-4-18(5-3-17)19-12-21(22(24)25-13-19)23(28)26-20-6-9-29-10-7-20/h2-5,12-13,16,20H,6-11,14-15H2,1H3,(H2,24,25)(H,26,28)/t16-/m1/s1. The molecule has 0 unspecified atom stereocenters. The number of ether oxygens (including phenoxy) is 2. The van der Waals surface area contributed by atoms with Gasteiger partial charge in [0.05, 0.1) is 18.8 Å². The van der Waals surface area contributed by atoms with Gasteiger partial charge >= 0.3 is 0 Å². The van der Waals surface area contributed by atoms with Crippen LogP contribution in [-0.2, 0) is 16.0 Å². The third-order valence-corrected chi connectivity index (χ3v) is 5.90. The van der Waals surface area contributed by atoms with Gasteiger partial charge in [-0.25, -0.2) is 4.98 Å². The molecule has 2 saturated heterocycles. The molecule has 3 heterocycles. The Morgan fingerprint density at radius 1 is 1.17 bits per heavy atom. The van der Waals surface area contributed by atoms with Crippen molar-refractivity contribution in [2.24, 2.45) is 0 Å². The van der Waals surface area contributed by atoms with E-state index in [1.807, 2.05) is 6.07 Å². The summed E-state index contributed by atoms with van der Waals surface area (Å²) in [5, 5.41) is 3.06. The molecule has 0 aliphatic carbocycles. The first kappa shape index (κ1) is 20.8. The van der Waals surface area contributed by atoms with Crippen LogP contribution in [0.25, 0.3) is 11.1 Å². The minimum atomic E-state index is -0.174. The Bertz CT molecular complexity index is 865. The van der Waals surface area contributed by atoms with Crippen LogP contribution in [0.4, 0.5) is 5.82 Å². The van der Waals surface area contributed by atoms with Crippen LogP contribution < -0.4 is 11.1 Å². The van der Waals surface area contributed by atoms with E-state index in [1.165, 1.54) is 5.56 Å². The molecular weight excluding hydrogens is 380 g/mol. The first-order chi connectivity index (χ1) is 14.6. The van der Waals surface area contributed by atoms with Crippen molar-refractivity contribution in [1.82, 2.24) is 15.2 Å². The number of aromatic nitrogens is 1. The molecule has 0 radical (unpaired) electrons. The third-order valence-electron chi connectivity index (χ3n) is 5.90. The molecule has 1 amide bonds. The second-order valence-corrected chi connectivity index (χ2v) is 8.11. The van der Waals surface area contributed by atoms with Gasteiger partial charge in [-0.3, -0.25) is 9.69 Å². The van der Waals surface area contributed by atoms with Crippen LogP contribution in [-0.4, -0.2) is 60.8 Å². The van der Waals surface area contributed by atoms with E-state index in [0.717, 1.165) is 50.3 Å². The van der Waals surface area contributed by atoms with E-state index in [2.05, 4.69) is 46.4 Å². The monoisotopic (exact) mass is 410 g/mol. The molecule has 2 fully saturated rings. The van der Waals surface area contributed by atoms with E-state index >= 15 is 0 Å². The summed E-state index contributed by atoms with van der Waals surface area (Å²) >= 11 is 0. The fourth-order valence-electron chi connectivity index (χ4n) is 3.95. The number of pyridine rings is 1. The number of morpholine rings is 1. The second kappa shape index (κ2) is 9.55. The van der Waals surface area contributed by atoms with Gasteiger partial charge in [0, 0.05) is 50.1 Å². The molecule has 1 aromatic carbocycles. The van der Waals surface area contributed by atoms with Crippen LogP contribution >= 0.6 is 0 Å². The Morgan fingerprint density at radius 3 is 2.67 bits per heavy atom. The van der Waals surface area contributed by atoms with Gasteiger partial charge in [0.25, 0.3) is 5.91 Å². The van der Waals surface area contributed by atoms with Gasteiger partial charge in [0.2, 0.25) is 0 Å². The molecular formula is C23H30N4O3. The molecule has 4 rings (SSSR count). The maximum absolute atomic E-state index is 12.7. The van der Waals surface area contributed by atoms with Gasteiger partial charge < -0.3 is 20.5 Å². The highest BCUT2D eigenvalue weighted by molar-refractivity contribution is 5.99. The summed E-state index contributed by atoms with van der Waals surface area (Å²) < 4.78 is 10.9. The van der Waals surface area contributed by atoms with Crippen LogP contribution in [0.2, 0.25) is 0 Å². The summed E-state index contributed by atoms with van der Waals surface area (Å²) in [5.41, 5.74) is 9.58. The molecule has 7 heteroatoms. The lowest BCUT2D eigenvalue weighted by atomic mass is 10.0. The third kappa shape index (κ3) is 4.98. The highest BCUT2D eigenvalue weighted by Crippen LogP contribution is 2.24. The van der Waals surface area contributed by atoms with Gasteiger partial charge in [0.15, 0.2) is 0 Å². The quantitative estimate of drug-likeness (QED) is 0.787. The zero-order valence-electron chi connectivity index (χ0n) is 17.5. The number of nitrogens with two attached hydrogens (primary N) is 1. The Kier molecular flexibility index (Phi) is 6.62. The van der Waals surface area contributed by atoms with E-state index in [1.54, 1.807) is 6.20 Å². The minimum absolute atomic E-state index is 0.121. The molecule has 2 aromatic rings. The topological polar surface area (TPSA) is 89.7 Å². The first-order valence-electron chi connectivity index (χ1n) is 10.7. The smallest absolute Gasteiger partial charge is 0.255 e. The van der Waals surface area contributed by atoms with Crippen LogP contribution in [0.5, 0.6) is 0 Å². The van der Waals surface area contributed by atoms with Crippen molar-refractivity contribution in [2.75, 3.05) is 38.7 Å². The zero-order chi connectivity index (χ0) is 20.9. The number of amides is 1. The van der Waals surface area contributed by atoms with E-state index in [0.29, 0.717) is 24.8 Å². The number of hydrogen-bond acceptors (Lipinski definition) is 6. The van der Waals surface area contributed by atoms with Crippen molar-refractivity contribution in [3.05, 3.63) is 47.7 Å². The number of nitrogens with one attached hydrogen (secondary N) is 1. The van der Waals surface area contributed by atoms with Crippen molar-refractivity contribution < 1.29 is 14.3 Å². The predicted molar refractivity (Wildman–Crippen MR) is 116 cm³/mol. The number of hydrogen-bond donors (Lipinski definition) is 2. The van der Waals surface area contributed by atoms with Crippen molar-refractivity contribution in [2.45, 2.75) is 38.4 Å². The fraction of sp³-hybridized carbons (Fsp3) is 0.478. The molecule has 2 aliphatic rings. The van der Waals surface area contributed by atoms with E-state index in [9.17, 15) is 4.79 Å². The highest BCUT2D eigenvalue weighted by atomic mass is 16.5. The van der Waals surface area contributed by atoms with Crippen LogP contribution in [0, 0.1) is 0 Å². The number of rotatable bonds is 5. The highest BCUT2D eigenvalue weighted by Gasteiger charge is 2.20. The number of anilines is 1. The predicted octanol–water partition coefficient (Wildman–Crippen LogP) is 2.46. The summed E-state index contributed by atoms with van der Waals surface area (Å²) in [6, 6.07) is 10.8. The molecule has 0 bridgehead atoms. The van der Waals surface area contributed by atoms with Gasteiger partial charge in [-0.2, -0.15) is 0 Å². The van der Waals surface area contributed by atoms with E-state index in [-0.39, 0.29) is 17.8 Å². The summed E-state index contributed by atoms with van der Waals surface area (Å²) in [6.45, 7) is 6.98. The summed E-state index contributed by atoms with van der Waals surface area (Å²) in [4.78, 5) is 19.4. The lowest BCUT2D eigenvalue weighted by Crippen LogP contribution is -2.42. The molecule has 3 N–H and O–H groups in total. The number of nitrogens with zero attached hydrogens (tertiary/aromatic N) is 2. The molecule has 160 valence electrons. The van der Waals surface area contributed by atoms with Crippen LogP contribution in [0.15, 0.2) is 36.5 Å². The summed E-state index contributed by atoms with van der Waals surface area (Å²) in [5.74, 6) is 0.0768. The summed E-state index contributed by atoms with van der Waals surface area (Å²) in [6.07, 6.45) is 3.36. The molecule has 0 saturated carbocycles. The van der Waals surface area contributed by atoms with Crippen molar-refractivity contribution in [3.63, 3.8) is 0 Å². The van der Waals surface area contributed by atoms with Crippen LogP contribution in [0.1, 0.15) is 35.7 Å². The molecule has 7 nitrogen and oxygen atoms in total. The average Bonchev–Trinajstić information content (AvgIpc) is 2.77. The Hall–Kier alpha value is -2.48. The van der Waals surface area contributed by atoms with Crippen molar-refractivity contribution in [1.29, 1.82) is 0 Å². The Morgan fingerprint density at radius 2 is 1.93 bits per heavy atom. The van der Waals surface area contributed by atoms with Gasteiger partial charge in [-0.1, -0.05) is 24.3 Å². The maximum Gasteiger partial charge on any atom is 0.255 e. The fourth-order valence-corrected chi connectivity index (χ4v) is 3.95. The second-order valence-electron chi connectivity index (χ2n) is 8.11. The first-order valence-corrected chi connectivity index (χ1v) is 10.7. The van der Waals surface area contributed by atoms with E-state index in [4.69, 9.17) is 15.2 Å². The van der Waals surface area contributed by atoms with Crippen molar-refractivity contribution >= 4 is 11.7 Å². The molecule has 1 atom stereocenters. The average molecular weight is 411 g/mol. The lowest BCUT2D eigenvalue weighted by Gasteiger charge is -2.33. The SMILES string of the molecule is C[C@@H]1COCCN1Cc1ccc(-c2cnc(N)c(C(=O)NC3CCOCC3)c2)cc1. The zero-order valence-corrected chi connectivity index (χ0v) is 17.5. The van der Waals surface area contributed by atoms with Crippen molar-refractivity contribution in [3.8, 4) is 11.1 Å². The minimum Gasteiger partial charge on any atom is -0.383 e. The summed E-state index contributed by atoms with van der Waals surface area (Å²) in [7, 11) is 0. The number of carbonyl (C=O) groups excluding carboxylic acids is 1. The van der Waals surface area contributed by atoms with E-state index < -0.39 is 0 Å². The number of nitrogen functional groups attached to an aromatic ring is 1. The van der Waals surface area contributed by atoms with Gasteiger partial charge in [-0.15, -0.1) is 0 Å². The maximum atomic E-state index is 12.7. The molecule has 1 aromatic heterocycles. The number of carbonyl (C=O) groups is 1. The molecule has 30 heavy (non-hydrogen) atoms. The Labute approximate surface area is 177 Å². The largest absolute Gasteiger partial charge is 0.383 e. The number of benzene rings is 1. The van der Waals surface area contributed by atoms with Gasteiger partial charge in [0.1, 0.15) is 5.82 Å². The van der Waals surface area contributed by atoms with Crippen LogP contribution in [0.3, 0.4) is 0 Å². The normalized spacial score (nSPS) is 20.8. The Balaban J connectivity index is 1.45. The molecule has 2 aliphatic heterocycles. The van der Waals surface area contributed by atoms with Gasteiger partial charge in [-0.05, 0) is 37.0 Å². The lowest BCUT2D eigenvalue weighted by molar-refractivity contribution is -0.00436.